The number of carbonyl (C=O) groups is 4. The molecule has 2 aromatic carbocycles. The van der Waals surface area contributed by atoms with Gasteiger partial charge in [-0.25, -0.2) is 0 Å². The fourth-order valence-corrected chi connectivity index (χ4v) is 4.92. The fourth-order valence-electron chi connectivity index (χ4n) is 4.92. The van der Waals surface area contributed by atoms with Crippen molar-refractivity contribution in [2.45, 2.75) is 37.4 Å². The average Bonchev–Trinajstić information content (AvgIpc) is 3.05. The molecule has 4 amide bonds. The Bertz CT molecular complexity index is 1280. The molecular weight excluding hydrogens is 471 g/mol. The van der Waals surface area contributed by atoms with Crippen molar-refractivity contribution in [2.75, 3.05) is 19.8 Å². The number of nitrogens with zero attached hydrogens (tertiary/aromatic N) is 2. The summed E-state index contributed by atoms with van der Waals surface area (Å²) in [6, 6.07) is 9.56. The molecule has 3 aliphatic rings. The van der Waals surface area contributed by atoms with Gasteiger partial charge in [-0.05, 0) is 29.0 Å². The number of nitrogens with one attached hydrogen (secondary N) is 1. The summed E-state index contributed by atoms with van der Waals surface area (Å²) in [6.45, 7) is 1.81. The van der Waals surface area contributed by atoms with Gasteiger partial charge in [0.05, 0.1) is 22.3 Å². The third-order valence-corrected chi connectivity index (χ3v) is 6.77. The largest absolute Gasteiger partial charge is 0.489 e. The second kappa shape index (κ2) is 9.74. The lowest BCUT2D eigenvalue weighted by Gasteiger charge is -2.40. The Morgan fingerprint density at radius 1 is 1.08 bits per heavy atom. The van der Waals surface area contributed by atoms with Crippen LogP contribution in [-0.4, -0.2) is 82.8 Å². The van der Waals surface area contributed by atoms with Gasteiger partial charge in [-0.3, -0.25) is 24.5 Å². The molecule has 2 fully saturated rings. The Balaban J connectivity index is 1.34. The molecule has 0 aliphatic carbocycles. The molecule has 1 N–H and O–H groups in total. The smallest absolute Gasteiger partial charge is 0.254 e. The van der Waals surface area contributed by atoms with Crippen LogP contribution in [0.2, 0.25) is 0 Å². The lowest BCUT2D eigenvalue weighted by Crippen LogP contribution is -2.59. The predicted octanol–water partition coefficient (Wildman–Crippen LogP) is -0.873. The summed E-state index contributed by atoms with van der Waals surface area (Å²) >= 11 is 0. The molecule has 2 aromatic rings. The second-order valence-corrected chi connectivity index (χ2v) is 9.38. The number of hydrogen-bond acceptors (Lipinski definition) is 6. The van der Waals surface area contributed by atoms with E-state index in [4.69, 9.17) is 33.0 Å². The van der Waals surface area contributed by atoms with Crippen molar-refractivity contribution in [1.82, 2.24) is 15.1 Å². The summed E-state index contributed by atoms with van der Waals surface area (Å²) in [4.78, 5) is 52.2. The van der Waals surface area contributed by atoms with E-state index in [1.54, 1.807) is 4.90 Å². The van der Waals surface area contributed by atoms with Crippen molar-refractivity contribution in [1.29, 1.82) is 0 Å². The van der Waals surface area contributed by atoms with Crippen LogP contribution in [0.25, 0.3) is 0 Å². The van der Waals surface area contributed by atoms with E-state index < -0.39 is 29.1 Å². The van der Waals surface area contributed by atoms with Crippen LogP contribution in [0.3, 0.4) is 0 Å². The van der Waals surface area contributed by atoms with Crippen molar-refractivity contribution in [2.24, 2.45) is 0 Å². The van der Waals surface area contributed by atoms with Crippen LogP contribution in [-0.2, 0) is 37.6 Å². The summed E-state index contributed by atoms with van der Waals surface area (Å²) < 4.78 is 11.2. The molecule has 0 bridgehead atoms. The monoisotopic (exact) mass is 493 g/mol. The molecule has 3 heterocycles. The number of ether oxygens (including phenoxy) is 2. The van der Waals surface area contributed by atoms with Gasteiger partial charge in [-0.1, -0.05) is 35.8 Å². The minimum atomic E-state index is -1.85. The molecule has 1 unspecified atom stereocenters. The van der Waals surface area contributed by atoms with Crippen molar-refractivity contribution in [3.05, 3.63) is 58.7 Å². The van der Waals surface area contributed by atoms with Gasteiger partial charge in [-0.15, -0.1) is 0 Å². The number of morpholine rings is 1. The topological polar surface area (TPSA) is 105 Å². The van der Waals surface area contributed by atoms with Crippen LogP contribution >= 0.6 is 0 Å². The molecule has 182 valence electrons. The van der Waals surface area contributed by atoms with Gasteiger partial charge < -0.3 is 19.3 Å². The van der Waals surface area contributed by atoms with E-state index in [1.807, 2.05) is 24.3 Å². The first-order valence-corrected chi connectivity index (χ1v) is 11.9. The number of amides is 4. The van der Waals surface area contributed by atoms with Gasteiger partial charge in [0.1, 0.15) is 32.9 Å². The lowest BCUT2D eigenvalue weighted by atomic mass is 9.57. The van der Waals surface area contributed by atoms with Crippen molar-refractivity contribution >= 4 is 52.6 Å². The van der Waals surface area contributed by atoms with Crippen LogP contribution < -0.4 is 15.5 Å². The third-order valence-electron chi connectivity index (χ3n) is 6.77. The van der Waals surface area contributed by atoms with Gasteiger partial charge in [-0.2, -0.15) is 0 Å². The van der Waals surface area contributed by atoms with E-state index in [0.717, 1.165) is 16.0 Å². The Kier molecular flexibility index (Phi) is 6.62. The highest BCUT2D eigenvalue weighted by Crippen LogP contribution is 2.42. The molecule has 12 heteroatoms. The van der Waals surface area contributed by atoms with Crippen molar-refractivity contribution in [3.8, 4) is 5.75 Å². The highest BCUT2D eigenvalue weighted by Gasteiger charge is 2.50. The molecule has 0 saturated carbocycles. The standard InChI is InChI=1S/C25H22B3N3O6/c26-16-9-17-22(25(27,28)31(24(17)35)18-5-6-20(32)29-23(18)34)19(10-16)37-12-15-3-1-14(2-4-15)11-30-7-8-36-13-21(30)33/h1-4,9-10,18H,5-8,11-13H2,(H,29,32,34). The Morgan fingerprint density at radius 3 is 2.51 bits per heavy atom. The first kappa shape index (κ1) is 25.1. The lowest BCUT2D eigenvalue weighted by molar-refractivity contribution is -0.143. The van der Waals surface area contributed by atoms with E-state index in [0.29, 0.717) is 19.7 Å². The maximum atomic E-state index is 13.3. The minimum Gasteiger partial charge on any atom is -0.489 e. The average molecular weight is 493 g/mol. The number of fused-ring (bicyclic) bond motifs is 1. The first-order valence-electron chi connectivity index (χ1n) is 11.9. The molecule has 0 spiro atoms. The highest BCUT2D eigenvalue weighted by atomic mass is 16.5. The van der Waals surface area contributed by atoms with Gasteiger partial charge in [0.15, 0.2) is 0 Å². The fraction of sp³-hybridized carbons (Fsp3) is 0.360. The first-order chi connectivity index (χ1) is 17.6. The molecule has 0 aromatic heterocycles. The summed E-state index contributed by atoms with van der Waals surface area (Å²) in [5.41, 5.74) is 2.44. The van der Waals surface area contributed by atoms with E-state index >= 15 is 0 Å². The zero-order chi connectivity index (χ0) is 26.3. The number of hydrogen-bond donors (Lipinski definition) is 1. The second-order valence-electron chi connectivity index (χ2n) is 9.38. The summed E-state index contributed by atoms with van der Waals surface area (Å²) in [7, 11) is 18.9. The number of carbonyl (C=O) groups excluding carboxylic acids is 4. The molecule has 5 rings (SSSR count). The number of benzene rings is 2. The molecule has 2 saturated heterocycles. The minimum absolute atomic E-state index is 0.0397. The summed E-state index contributed by atoms with van der Waals surface area (Å²) in [5.74, 6) is -1.42. The number of rotatable bonds is 6. The van der Waals surface area contributed by atoms with Gasteiger partial charge in [0.2, 0.25) is 17.7 Å². The SMILES string of the molecule is [B]c1cc(OCc2ccc(CN3CCOCC3=O)cc2)c2c(c1)C(=O)N(C1CCC(=O)NC1=O)C2([B])[B]. The van der Waals surface area contributed by atoms with Crippen LogP contribution in [0.1, 0.15) is 39.9 Å². The Labute approximate surface area is 218 Å². The molecule has 9 nitrogen and oxygen atoms in total. The normalized spacial score (nSPS) is 21.1. The van der Waals surface area contributed by atoms with E-state index in [2.05, 4.69) is 5.32 Å². The van der Waals surface area contributed by atoms with Crippen LogP contribution in [0.4, 0.5) is 0 Å². The number of imide groups is 1. The molecule has 3 aliphatic heterocycles. The van der Waals surface area contributed by atoms with Crippen LogP contribution in [0.5, 0.6) is 5.75 Å². The van der Waals surface area contributed by atoms with E-state index in [9.17, 15) is 19.2 Å². The zero-order valence-electron chi connectivity index (χ0n) is 20.1. The maximum Gasteiger partial charge on any atom is 0.254 e. The maximum absolute atomic E-state index is 13.3. The van der Waals surface area contributed by atoms with Gasteiger partial charge in [0.25, 0.3) is 5.91 Å². The third kappa shape index (κ3) is 4.77. The molecule has 37 heavy (non-hydrogen) atoms. The summed E-state index contributed by atoms with van der Waals surface area (Å²) in [6.07, 6.45) is 0.169. The predicted molar refractivity (Wildman–Crippen MR) is 134 cm³/mol. The zero-order valence-corrected chi connectivity index (χ0v) is 20.1. The van der Waals surface area contributed by atoms with Crippen molar-refractivity contribution < 1.29 is 28.7 Å². The summed E-state index contributed by atoms with van der Waals surface area (Å²) in [5, 5.41) is 0.375. The molecular formula is C25H22B3N3O6. The van der Waals surface area contributed by atoms with E-state index in [-0.39, 0.29) is 54.3 Å². The molecule has 1 atom stereocenters. The number of piperidine rings is 1. The van der Waals surface area contributed by atoms with Gasteiger partial charge >= 0.3 is 0 Å². The van der Waals surface area contributed by atoms with Crippen molar-refractivity contribution in [3.63, 3.8) is 0 Å². The molecule has 6 radical (unpaired) electrons. The van der Waals surface area contributed by atoms with Crippen LogP contribution in [0.15, 0.2) is 36.4 Å². The van der Waals surface area contributed by atoms with E-state index in [1.165, 1.54) is 12.1 Å². The Morgan fingerprint density at radius 2 is 1.81 bits per heavy atom. The highest BCUT2D eigenvalue weighted by molar-refractivity contribution is 6.44. The quantitative estimate of drug-likeness (QED) is 0.415. The van der Waals surface area contributed by atoms with Gasteiger partial charge in [0, 0.05) is 30.6 Å². The Hall–Kier alpha value is -3.53. The van der Waals surface area contributed by atoms with Crippen LogP contribution in [0, 0.1) is 0 Å².